The van der Waals surface area contributed by atoms with Crippen LogP contribution in [0, 0.1) is 11.7 Å². The van der Waals surface area contributed by atoms with Crippen molar-refractivity contribution in [2.45, 2.75) is 19.3 Å². The van der Waals surface area contributed by atoms with E-state index in [0.29, 0.717) is 12.3 Å². The van der Waals surface area contributed by atoms with Crippen molar-refractivity contribution in [2.24, 2.45) is 5.92 Å². The number of piperidine rings is 1. The first-order valence-electron chi connectivity index (χ1n) is 5.69. The molecule has 5 heteroatoms. The standard InChI is InChI=1S/C12H15BrFNO2/c13-9-5-10(16)12(17)8(11(9)14)4-7-2-1-3-15-6-7/h5,7,15-17H,1-4,6H2. The number of rotatable bonds is 2. The van der Waals surface area contributed by atoms with Crippen molar-refractivity contribution in [3.8, 4) is 11.5 Å². The first-order chi connectivity index (χ1) is 8.09. The Kier molecular flexibility index (Phi) is 3.89. The third kappa shape index (κ3) is 2.72. The zero-order valence-corrected chi connectivity index (χ0v) is 10.9. The van der Waals surface area contributed by atoms with Crippen molar-refractivity contribution in [3.05, 3.63) is 21.9 Å². The van der Waals surface area contributed by atoms with Gasteiger partial charge in [-0.05, 0) is 54.2 Å². The van der Waals surface area contributed by atoms with Crippen molar-refractivity contribution in [1.82, 2.24) is 5.32 Å². The summed E-state index contributed by atoms with van der Waals surface area (Å²) in [5.74, 6) is -0.794. The van der Waals surface area contributed by atoms with Crippen molar-refractivity contribution < 1.29 is 14.6 Å². The van der Waals surface area contributed by atoms with Gasteiger partial charge in [0.2, 0.25) is 0 Å². The van der Waals surface area contributed by atoms with Crippen LogP contribution >= 0.6 is 15.9 Å². The summed E-state index contributed by atoms with van der Waals surface area (Å²) in [6.07, 6.45) is 2.52. The number of aromatic hydroxyl groups is 2. The van der Waals surface area contributed by atoms with Gasteiger partial charge < -0.3 is 15.5 Å². The summed E-state index contributed by atoms with van der Waals surface area (Å²) in [6, 6.07) is 1.17. The molecule has 2 rings (SSSR count). The maximum Gasteiger partial charge on any atom is 0.163 e. The number of phenolic OH excluding ortho intramolecular Hbond substituents is 2. The molecule has 3 N–H and O–H groups in total. The molecule has 0 radical (unpaired) electrons. The molecule has 3 nitrogen and oxygen atoms in total. The fourth-order valence-electron chi connectivity index (χ4n) is 2.23. The Morgan fingerprint density at radius 2 is 2.24 bits per heavy atom. The first kappa shape index (κ1) is 12.6. The predicted octanol–water partition coefficient (Wildman–Crippen LogP) is 2.54. The summed E-state index contributed by atoms with van der Waals surface area (Å²) in [5, 5.41) is 22.4. The SMILES string of the molecule is Oc1cc(Br)c(F)c(CC2CCCNC2)c1O. The summed E-state index contributed by atoms with van der Waals surface area (Å²) < 4.78 is 14.0. The fraction of sp³-hybridized carbons (Fsp3) is 0.500. The molecule has 0 aromatic heterocycles. The largest absolute Gasteiger partial charge is 0.504 e. The van der Waals surface area contributed by atoms with Crippen LogP contribution in [0.4, 0.5) is 4.39 Å². The molecule has 0 aliphatic carbocycles. The van der Waals surface area contributed by atoms with Crippen LogP contribution in [0.5, 0.6) is 11.5 Å². The Hall–Kier alpha value is -0.810. The van der Waals surface area contributed by atoms with Gasteiger partial charge in [-0.15, -0.1) is 0 Å². The van der Waals surface area contributed by atoms with Crippen LogP contribution in [0.25, 0.3) is 0 Å². The molecule has 1 aromatic carbocycles. The molecule has 0 saturated carbocycles. The number of nitrogens with one attached hydrogen (secondary N) is 1. The van der Waals surface area contributed by atoms with Gasteiger partial charge in [-0.3, -0.25) is 0 Å². The maximum atomic E-state index is 13.9. The average Bonchev–Trinajstić information content (AvgIpc) is 2.33. The molecular formula is C12H15BrFNO2. The molecule has 1 unspecified atom stereocenters. The lowest BCUT2D eigenvalue weighted by molar-refractivity contribution is 0.355. The quantitative estimate of drug-likeness (QED) is 0.736. The van der Waals surface area contributed by atoms with Gasteiger partial charge in [0.1, 0.15) is 5.82 Å². The van der Waals surface area contributed by atoms with Crippen molar-refractivity contribution in [3.63, 3.8) is 0 Å². The average molecular weight is 304 g/mol. The van der Waals surface area contributed by atoms with Crippen molar-refractivity contribution in [2.75, 3.05) is 13.1 Å². The molecule has 0 spiro atoms. The van der Waals surface area contributed by atoms with E-state index in [-0.39, 0.29) is 21.5 Å². The molecule has 1 aliphatic heterocycles. The van der Waals surface area contributed by atoms with E-state index in [2.05, 4.69) is 21.2 Å². The number of hydrogen-bond acceptors (Lipinski definition) is 3. The number of phenols is 2. The highest BCUT2D eigenvalue weighted by molar-refractivity contribution is 9.10. The topological polar surface area (TPSA) is 52.5 Å². The van der Waals surface area contributed by atoms with E-state index in [4.69, 9.17) is 0 Å². The first-order valence-corrected chi connectivity index (χ1v) is 6.48. The molecule has 1 aliphatic rings. The Bertz CT molecular complexity index is 393. The van der Waals surface area contributed by atoms with Gasteiger partial charge in [0.15, 0.2) is 11.5 Å². The van der Waals surface area contributed by atoms with Crippen LogP contribution in [0.1, 0.15) is 18.4 Å². The fourth-order valence-corrected chi connectivity index (χ4v) is 2.68. The zero-order valence-electron chi connectivity index (χ0n) is 9.34. The van der Waals surface area contributed by atoms with Crippen LogP contribution in [0.15, 0.2) is 10.5 Å². The van der Waals surface area contributed by atoms with E-state index in [1.807, 2.05) is 0 Å². The third-order valence-corrected chi connectivity index (χ3v) is 3.74. The van der Waals surface area contributed by atoms with E-state index in [0.717, 1.165) is 25.9 Å². The lowest BCUT2D eigenvalue weighted by Crippen LogP contribution is -2.31. The molecule has 1 saturated heterocycles. The summed E-state index contributed by atoms with van der Waals surface area (Å²) in [5.41, 5.74) is 0.200. The third-order valence-electron chi connectivity index (χ3n) is 3.16. The van der Waals surface area contributed by atoms with Gasteiger partial charge in [0.05, 0.1) is 4.47 Å². The summed E-state index contributed by atoms with van der Waals surface area (Å²) in [7, 11) is 0. The normalized spacial score (nSPS) is 20.5. The molecule has 1 heterocycles. The molecular weight excluding hydrogens is 289 g/mol. The van der Waals surface area contributed by atoms with E-state index in [1.165, 1.54) is 6.07 Å². The summed E-state index contributed by atoms with van der Waals surface area (Å²) >= 11 is 3.03. The highest BCUT2D eigenvalue weighted by Crippen LogP contribution is 2.37. The summed E-state index contributed by atoms with van der Waals surface area (Å²) in [6.45, 7) is 1.82. The second-order valence-corrected chi connectivity index (χ2v) is 5.29. The maximum absolute atomic E-state index is 13.9. The van der Waals surface area contributed by atoms with Crippen LogP contribution in [0.3, 0.4) is 0 Å². The molecule has 94 valence electrons. The number of benzene rings is 1. The highest BCUT2D eigenvalue weighted by Gasteiger charge is 2.21. The molecule has 1 atom stereocenters. The zero-order chi connectivity index (χ0) is 12.4. The van der Waals surface area contributed by atoms with Crippen LogP contribution in [0.2, 0.25) is 0 Å². The highest BCUT2D eigenvalue weighted by atomic mass is 79.9. The second kappa shape index (κ2) is 5.23. The minimum Gasteiger partial charge on any atom is -0.504 e. The van der Waals surface area contributed by atoms with Gasteiger partial charge in [0.25, 0.3) is 0 Å². The lowest BCUT2D eigenvalue weighted by atomic mass is 9.91. The Balaban J connectivity index is 2.24. The van der Waals surface area contributed by atoms with Gasteiger partial charge in [-0.2, -0.15) is 0 Å². The van der Waals surface area contributed by atoms with Gasteiger partial charge >= 0.3 is 0 Å². The number of halogens is 2. The number of hydrogen-bond donors (Lipinski definition) is 3. The Labute approximate surface area is 108 Å². The molecule has 17 heavy (non-hydrogen) atoms. The van der Waals surface area contributed by atoms with Gasteiger partial charge in [-0.1, -0.05) is 0 Å². The minimum atomic E-state index is -0.481. The molecule has 1 fully saturated rings. The second-order valence-electron chi connectivity index (χ2n) is 4.44. The van der Waals surface area contributed by atoms with E-state index >= 15 is 0 Å². The monoisotopic (exact) mass is 303 g/mol. The van der Waals surface area contributed by atoms with Gasteiger partial charge in [-0.25, -0.2) is 4.39 Å². The molecule has 0 amide bonds. The van der Waals surface area contributed by atoms with Crippen LogP contribution in [-0.2, 0) is 6.42 Å². The van der Waals surface area contributed by atoms with Crippen LogP contribution < -0.4 is 5.32 Å². The molecule has 1 aromatic rings. The smallest absolute Gasteiger partial charge is 0.163 e. The lowest BCUT2D eigenvalue weighted by Gasteiger charge is -2.23. The predicted molar refractivity (Wildman–Crippen MR) is 66.7 cm³/mol. The van der Waals surface area contributed by atoms with Crippen molar-refractivity contribution in [1.29, 1.82) is 0 Å². The van der Waals surface area contributed by atoms with E-state index in [9.17, 15) is 14.6 Å². The Morgan fingerprint density at radius 3 is 2.88 bits per heavy atom. The summed E-state index contributed by atoms with van der Waals surface area (Å²) in [4.78, 5) is 0. The van der Waals surface area contributed by atoms with Gasteiger partial charge in [0, 0.05) is 11.6 Å². The van der Waals surface area contributed by atoms with E-state index < -0.39 is 5.82 Å². The van der Waals surface area contributed by atoms with Crippen molar-refractivity contribution >= 4 is 15.9 Å². The minimum absolute atomic E-state index is 0.187. The Morgan fingerprint density at radius 1 is 1.47 bits per heavy atom. The van der Waals surface area contributed by atoms with Crippen LogP contribution in [-0.4, -0.2) is 23.3 Å². The van der Waals surface area contributed by atoms with E-state index in [1.54, 1.807) is 0 Å². The molecule has 0 bridgehead atoms.